The maximum absolute atomic E-state index is 12.8. The Morgan fingerprint density at radius 3 is 0.969 bits per heavy atom. The summed E-state index contributed by atoms with van der Waals surface area (Å²) in [7, 11) is 7.82. The first-order valence-electron chi connectivity index (χ1n) is 42.2. The number of Topliss-reactive ketones (excluding diaryl/α,β-unsaturated/α-hetero) is 8. The molecule has 0 bridgehead atoms. The van der Waals surface area contributed by atoms with E-state index in [1.807, 2.05) is 79.5 Å². The van der Waals surface area contributed by atoms with Crippen molar-refractivity contribution in [3.8, 4) is 46.0 Å². The van der Waals surface area contributed by atoms with E-state index < -0.39 is 16.4 Å². The van der Waals surface area contributed by atoms with Gasteiger partial charge in [-0.15, -0.1) is 24.0 Å². The molecule has 8 aliphatic rings. The van der Waals surface area contributed by atoms with Gasteiger partial charge in [0.2, 0.25) is 27.2 Å². The van der Waals surface area contributed by atoms with E-state index in [1.165, 1.54) is 46.3 Å². The second kappa shape index (κ2) is 50.7. The van der Waals surface area contributed by atoms with E-state index >= 15 is 0 Å². The number of amides is 3. The van der Waals surface area contributed by atoms with Crippen molar-refractivity contribution in [3.63, 3.8) is 0 Å². The molecule has 0 spiro atoms. The zero-order valence-corrected chi connectivity index (χ0v) is 77.2. The number of alkyl halides is 1. The third-order valence-corrected chi connectivity index (χ3v) is 22.4. The third-order valence-electron chi connectivity index (χ3n) is 21.9. The summed E-state index contributed by atoms with van der Waals surface area (Å²) in [6.07, 6.45) is 10.4. The summed E-state index contributed by atoms with van der Waals surface area (Å²) in [4.78, 5) is 155. The molecule has 0 saturated carbocycles. The highest BCUT2D eigenvalue weighted by atomic mass is 35.5. The van der Waals surface area contributed by atoms with Crippen LogP contribution < -0.4 is 48.5 Å². The van der Waals surface area contributed by atoms with Gasteiger partial charge in [-0.2, -0.15) is 0 Å². The minimum absolute atomic E-state index is 0. The zero-order valence-electron chi connectivity index (χ0n) is 74.8. The number of likely N-dealkylation sites (tertiary alicyclic amines) is 3. The highest BCUT2D eigenvalue weighted by molar-refractivity contribution is 6.67. The lowest BCUT2D eigenvalue weighted by Gasteiger charge is -2.37. The van der Waals surface area contributed by atoms with Gasteiger partial charge in [-0.05, 0) is 269 Å². The minimum Gasteiger partial charge on any atom is -0.460 e. The molecule has 0 unspecified atom stereocenters. The topological polar surface area (TPSA) is 367 Å². The molecule has 32 nitrogen and oxygen atoms in total. The van der Waals surface area contributed by atoms with Gasteiger partial charge in [0.05, 0.1) is 38.0 Å². The molecule has 0 radical (unpaired) electrons. The van der Waals surface area contributed by atoms with Gasteiger partial charge >= 0.3 is 12.2 Å². The fourth-order valence-electron chi connectivity index (χ4n) is 15.3. The number of rotatable bonds is 25. The minimum atomic E-state index is -0.560. The Kier molecular flexibility index (Phi) is 42.1. The Bertz CT molecular complexity index is 4810. The summed E-state index contributed by atoms with van der Waals surface area (Å²) in [5.41, 5.74) is 3.77. The number of ether oxygens (including phenoxy) is 10. The van der Waals surface area contributed by atoms with Gasteiger partial charge in [0.1, 0.15) is 11.2 Å². The highest BCUT2D eigenvalue weighted by Gasteiger charge is 2.34. The molecule has 6 aromatic rings. The second-order valence-electron chi connectivity index (χ2n) is 33.9. The molecular formula is C94H127Cl3N8O24. The van der Waals surface area contributed by atoms with Crippen LogP contribution in [0, 0.1) is 0 Å². The fraction of sp³-hybridized carbons (Fsp3) is 0.532. The first kappa shape index (κ1) is 107. The summed E-state index contributed by atoms with van der Waals surface area (Å²) in [5.74, 6) is 4.50. The van der Waals surface area contributed by atoms with Gasteiger partial charge in [-0.3, -0.25) is 62.6 Å². The van der Waals surface area contributed by atoms with Gasteiger partial charge in [0.25, 0.3) is 11.1 Å². The molecule has 35 heteroatoms. The Hall–Kier alpha value is -10.5. The smallest absolute Gasteiger partial charge is 0.410 e. The predicted octanol–water partition coefficient (Wildman–Crippen LogP) is 14.0. The van der Waals surface area contributed by atoms with Crippen molar-refractivity contribution in [1.29, 1.82) is 0 Å². The SMILES string of the molecule is C.C.CC(=O)c1cc2c(cc1CC(=O)CCl)OCO2.CC(=O)c1cc2c(cc1CC(=O)CN(C)C1CCN(C(=O)OC(C)(C)C)CC1)OCO2.CC(=O)c1cc2c(cc1CC(=O)CN(C)C1CCN(C(=O)c3ccco3)CC1)OCO2.CC(=O)c1cc2c(cc1CC(=O)CN(C)C1CCNCC1)OCO2.CNC1CCN(C(=O)OC(C)(C)C)CC1.Cl.O=C(Cl)c1ccco1. The monoisotopic (exact) mass is 1860 g/mol. The van der Waals surface area contributed by atoms with Gasteiger partial charge < -0.3 is 81.5 Å². The Labute approximate surface area is 771 Å². The van der Waals surface area contributed by atoms with Crippen LogP contribution in [0.15, 0.2) is 94.2 Å². The van der Waals surface area contributed by atoms with Crippen LogP contribution in [0.4, 0.5) is 9.59 Å². The molecule has 708 valence electrons. The van der Waals surface area contributed by atoms with Crippen LogP contribution in [0.2, 0.25) is 0 Å². The molecule has 4 fully saturated rings. The van der Waals surface area contributed by atoms with Crippen LogP contribution in [0.5, 0.6) is 46.0 Å². The Morgan fingerprint density at radius 1 is 0.426 bits per heavy atom. The number of likely N-dealkylation sites (N-methyl/N-ethyl adjacent to an activating group) is 3. The van der Waals surface area contributed by atoms with Gasteiger partial charge in [0.15, 0.2) is 104 Å². The van der Waals surface area contributed by atoms with Crippen LogP contribution in [0.3, 0.4) is 0 Å². The molecule has 14 rings (SSSR count). The summed E-state index contributed by atoms with van der Waals surface area (Å²) >= 11 is 10.5. The average molecular weight is 1860 g/mol. The second-order valence-corrected chi connectivity index (χ2v) is 34.5. The molecule has 129 heavy (non-hydrogen) atoms. The molecule has 10 heterocycles. The largest absolute Gasteiger partial charge is 0.460 e. The number of nitrogens with zero attached hydrogens (tertiary/aromatic N) is 6. The number of hydrogen-bond donors (Lipinski definition) is 2. The van der Waals surface area contributed by atoms with E-state index in [1.54, 1.807) is 81.4 Å². The average Bonchev–Trinajstić information content (AvgIpc) is 1.69. The fourth-order valence-corrected chi connectivity index (χ4v) is 15.5. The normalized spacial score (nSPS) is 15.5. The molecule has 0 atom stereocenters. The number of furan rings is 2. The van der Waals surface area contributed by atoms with E-state index in [0.29, 0.717) is 136 Å². The van der Waals surface area contributed by atoms with Crippen molar-refractivity contribution in [2.24, 2.45) is 0 Å². The van der Waals surface area contributed by atoms with Crippen molar-refractivity contribution >= 4 is 105 Å². The summed E-state index contributed by atoms with van der Waals surface area (Å²) in [5, 5.41) is 6.00. The first-order chi connectivity index (χ1) is 59.8. The lowest BCUT2D eigenvalue weighted by Crippen LogP contribution is -2.48. The number of piperidine rings is 4. The first-order valence-corrected chi connectivity index (χ1v) is 43.1. The van der Waals surface area contributed by atoms with Gasteiger partial charge in [-0.25, -0.2) is 9.59 Å². The number of carbonyl (C=O) groups excluding carboxylic acids is 12. The maximum Gasteiger partial charge on any atom is 0.410 e. The van der Waals surface area contributed by atoms with E-state index in [-0.39, 0.29) is 181 Å². The summed E-state index contributed by atoms with van der Waals surface area (Å²) in [6, 6.07) is 21.4. The number of ketones is 8. The number of halogens is 3. The lowest BCUT2D eigenvalue weighted by atomic mass is 9.98. The van der Waals surface area contributed by atoms with E-state index in [0.717, 1.165) is 83.1 Å². The molecule has 4 aromatic carbocycles. The van der Waals surface area contributed by atoms with Crippen molar-refractivity contribution < 1.29 is 114 Å². The van der Waals surface area contributed by atoms with Crippen LogP contribution in [-0.4, -0.2) is 268 Å². The molecule has 8 aliphatic heterocycles. The zero-order chi connectivity index (χ0) is 91.7. The van der Waals surface area contributed by atoms with Crippen LogP contribution in [-0.2, 0) is 54.3 Å². The van der Waals surface area contributed by atoms with Gasteiger partial charge in [-0.1, -0.05) is 14.9 Å². The third kappa shape index (κ3) is 32.6. The number of hydrogen-bond acceptors (Lipinski definition) is 29. The summed E-state index contributed by atoms with van der Waals surface area (Å²) < 4.78 is 63.1. The van der Waals surface area contributed by atoms with Crippen LogP contribution in [0.1, 0.15) is 220 Å². The van der Waals surface area contributed by atoms with Crippen molar-refractivity contribution in [1.82, 2.24) is 40.0 Å². The predicted molar refractivity (Wildman–Crippen MR) is 488 cm³/mol. The maximum atomic E-state index is 12.8. The number of benzene rings is 4. The number of nitrogens with one attached hydrogen (secondary N) is 2. The quantitative estimate of drug-likeness (QED) is 0.0305. The molecule has 2 N–H and O–H groups in total. The van der Waals surface area contributed by atoms with Crippen molar-refractivity contribution in [2.75, 3.05) is 133 Å². The van der Waals surface area contributed by atoms with E-state index in [9.17, 15) is 57.5 Å². The molecule has 0 aliphatic carbocycles. The number of fused-ring (bicyclic) bond motifs is 4. The molecular weight excluding hydrogens is 1730 g/mol. The highest BCUT2D eigenvalue weighted by Crippen LogP contribution is 2.40. The van der Waals surface area contributed by atoms with Crippen LogP contribution in [0.25, 0.3) is 0 Å². The Morgan fingerprint density at radius 2 is 0.705 bits per heavy atom. The summed E-state index contributed by atoms with van der Waals surface area (Å²) in [6.45, 7) is 24.7. The molecule has 4 saturated heterocycles. The number of carbonyl (C=O) groups is 12. The standard InChI is InChI=1S/C23H26N2O6.C23H32N2O6.C18H24N2O4.C12H11ClO4.C11H22N2O2.C5H3ClO2.2CH4.ClH/c1-15(26)19-12-22-21(30-14-31-22)11-16(19)10-18(27)13-24(2)17-5-7-25(8-6-17)23(28)20-4-3-9-29-20;1-15(26)19-12-21-20(29-14-30-21)11-16(19)10-18(27)13-24(5)17-6-8-25(9-7-17)22(28)31-23(2,3)4;1-12(21)16-9-18-17(23-11-24-18)8-13(16)7-15(22)10-20(2)14-3-5-19-6-4-14;1-7(14)10-4-12-11(16-6-17-12)3-8(10)2-9(15)5-13;1-11(2,3)15-10(14)13-7-5-9(12-4)6-8-13;6-5(7)4-2-1-3-8-4;;;/h3-4,9,11-12,17H,5-8,10,13-14H2,1-2H3;11-12,17H,6-10,13-14H2,1-5H3;8-9,14,19H,3-7,10-11H2,1-2H3;3-4H,2,5-6H2,1H3;9,12H,5-8H2,1-4H3;1-3H;2*1H4;1H. The lowest BCUT2D eigenvalue weighted by molar-refractivity contribution is -0.120. The van der Waals surface area contributed by atoms with E-state index in [4.69, 9.17) is 75.0 Å². The van der Waals surface area contributed by atoms with E-state index in [2.05, 4.69) is 20.0 Å². The molecule has 3 amide bonds. The molecule has 2 aromatic heterocycles. The van der Waals surface area contributed by atoms with Crippen molar-refractivity contribution in [3.05, 3.63) is 141 Å². The van der Waals surface area contributed by atoms with Crippen molar-refractivity contribution in [2.45, 2.75) is 197 Å². The Balaban J connectivity index is 0.000000247. The van der Waals surface area contributed by atoms with Crippen LogP contribution >= 0.6 is 35.6 Å². The van der Waals surface area contributed by atoms with Gasteiger partial charge in [0, 0.05) is 111 Å².